The summed E-state index contributed by atoms with van der Waals surface area (Å²) in [5.74, 6) is 6.61. The predicted octanol–water partition coefficient (Wildman–Crippen LogP) is 19.6. The lowest BCUT2D eigenvalue weighted by atomic mass is 9.80. The van der Waals surface area contributed by atoms with Gasteiger partial charge in [0, 0.05) is 62.0 Å². The van der Waals surface area contributed by atoms with E-state index in [-0.39, 0.29) is 16.6 Å². The van der Waals surface area contributed by atoms with E-state index < -0.39 is 0 Å². The Balaban J connectivity index is 0.000000185. The molecule has 0 radical (unpaired) electrons. The van der Waals surface area contributed by atoms with Crippen LogP contribution in [0.15, 0.2) is 91.0 Å². The zero-order valence-electron chi connectivity index (χ0n) is 57.3. The number of benzene rings is 4. The van der Waals surface area contributed by atoms with Gasteiger partial charge in [-0.25, -0.2) is 39.9 Å². The van der Waals surface area contributed by atoms with Gasteiger partial charge in [-0.05, 0) is 159 Å². The van der Waals surface area contributed by atoms with Crippen LogP contribution in [-0.4, -0.2) is 45.0 Å². The standard InChI is InChI=1S/C20H28N2.C19H27N3.C19H26N2O.C18H23N3/c1-13(2)18-14(3)21-19(22-15(18)4)17-10-8-16(9-11-17)12-20(5,6)7;1-7-19(5,6)15-10-8-14(9-11-15)18-21-13(4)16(12(2)3)17(20)22-18;1-11(2)17-12(3)20-18(21-13(17)4)15-9-8-14(10-16(15)22)19(5,6)7;1-11(2)16-12(3)20-18(21-17(16)19)15-9-7-14(8-10-15)13-5-4-6-13/h8-11,13H,12H2,1-7H3;8-12H,7H2,1-6H3,(H2,20,21,22);8-11,22H,1-7H3;7-11,13H,4-6H2,1-3H3,(H2,19,20,21). The highest BCUT2D eigenvalue weighted by atomic mass is 16.3. The molecule has 9 rings (SSSR count). The first-order chi connectivity index (χ1) is 40.6. The van der Waals surface area contributed by atoms with Gasteiger partial charge < -0.3 is 16.6 Å². The molecule has 0 unspecified atom stereocenters. The third-order valence-electron chi connectivity index (χ3n) is 16.9. The van der Waals surface area contributed by atoms with Crippen LogP contribution in [0.5, 0.6) is 5.75 Å². The number of aromatic nitrogens is 8. The summed E-state index contributed by atoms with van der Waals surface area (Å²) in [6, 6.07) is 31.7. The van der Waals surface area contributed by atoms with Gasteiger partial charge in [0.1, 0.15) is 17.4 Å². The summed E-state index contributed by atoms with van der Waals surface area (Å²) in [5.41, 5.74) is 32.5. The molecule has 1 aliphatic rings. The monoisotopic (exact) mass is 1170 g/mol. The molecule has 0 atom stereocenters. The van der Waals surface area contributed by atoms with Crippen molar-refractivity contribution in [3.05, 3.63) is 170 Å². The lowest BCUT2D eigenvalue weighted by molar-refractivity contribution is 0.411. The first-order valence-corrected chi connectivity index (χ1v) is 31.7. The van der Waals surface area contributed by atoms with Crippen LogP contribution >= 0.6 is 0 Å². The van der Waals surface area contributed by atoms with Gasteiger partial charge in [-0.1, -0.05) is 203 Å². The number of hydrogen-bond acceptors (Lipinski definition) is 11. The SMILES string of the molecule is CCC(C)(C)c1ccc(-c2nc(C)c(C(C)C)c(N)n2)cc1.Cc1nc(-c2ccc(C(C)(C)C)cc2O)nc(C)c1C(C)C.Cc1nc(-c2ccc(C3CCC3)cc2)nc(N)c1C(C)C.Cc1nc(-c2ccc(CC(C)(C)C)cc2)nc(C)c1C(C)C. The Labute approximate surface area is 523 Å². The molecule has 4 aromatic carbocycles. The van der Waals surface area contributed by atoms with Crippen LogP contribution in [0.1, 0.15) is 252 Å². The van der Waals surface area contributed by atoms with Crippen LogP contribution in [0.25, 0.3) is 45.6 Å². The minimum atomic E-state index is 0.00417. The molecule has 1 fully saturated rings. The lowest BCUT2D eigenvalue weighted by Crippen LogP contribution is -2.15. The zero-order valence-corrected chi connectivity index (χ0v) is 57.3. The molecule has 4 heterocycles. The third-order valence-corrected chi connectivity index (χ3v) is 16.9. The van der Waals surface area contributed by atoms with Gasteiger partial charge in [0.05, 0.1) is 5.56 Å². The highest BCUT2D eigenvalue weighted by Gasteiger charge is 2.23. The van der Waals surface area contributed by atoms with Crippen LogP contribution in [0.4, 0.5) is 11.6 Å². The Morgan fingerprint density at radius 1 is 0.448 bits per heavy atom. The van der Waals surface area contributed by atoms with Crippen LogP contribution in [0, 0.1) is 47.0 Å². The van der Waals surface area contributed by atoms with Crippen molar-refractivity contribution >= 4 is 11.6 Å². The molecule has 0 bridgehead atoms. The Morgan fingerprint density at radius 2 is 0.793 bits per heavy atom. The Bertz CT molecular complexity index is 3500. The summed E-state index contributed by atoms with van der Waals surface area (Å²) in [6.45, 7) is 49.3. The molecule has 87 heavy (non-hydrogen) atoms. The number of aryl methyl sites for hydroxylation is 6. The fraction of sp³-hybridized carbons (Fsp3) is 0.474. The van der Waals surface area contributed by atoms with E-state index in [0.29, 0.717) is 57.9 Å². The van der Waals surface area contributed by atoms with Gasteiger partial charge in [-0.2, -0.15) is 0 Å². The summed E-state index contributed by atoms with van der Waals surface area (Å²) in [6.07, 6.45) is 6.20. The maximum Gasteiger partial charge on any atom is 0.163 e. The third kappa shape index (κ3) is 17.7. The number of hydrogen-bond donors (Lipinski definition) is 3. The minimum absolute atomic E-state index is 0.00417. The number of nitrogens with two attached hydrogens (primary N) is 2. The molecular formula is C76H104N10O. The molecule has 1 saturated carbocycles. The fourth-order valence-corrected chi connectivity index (χ4v) is 11.8. The van der Waals surface area contributed by atoms with Gasteiger partial charge in [-0.15, -0.1) is 0 Å². The van der Waals surface area contributed by atoms with Crippen LogP contribution in [0.2, 0.25) is 0 Å². The smallest absolute Gasteiger partial charge is 0.163 e. The summed E-state index contributed by atoms with van der Waals surface area (Å²) < 4.78 is 0. The quantitative estimate of drug-likeness (QED) is 0.106. The Morgan fingerprint density at radius 3 is 1.11 bits per heavy atom. The number of phenols is 1. The topological polar surface area (TPSA) is 175 Å². The summed E-state index contributed by atoms with van der Waals surface area (Å²) >= 11 is 0. The van der Waals surface area contributed by atoms with Crippen molar-refractivity contribution < 1.29 is 5.11 Å². The molecule has 0 aliphatic heterocycles. The molecule has 11 nitrogen and oxygen atoms in total. The largest absolute Gasteiger partial charge is 0.507 e. The summed E-state index contributed by atoms with van der Waals surface area (Å²) in [7, 11) is 0. The number of nitrogens with zero attached hydrogens (tertiary/aromatic N) is 8. The van der Waals surface area contributed by atoms with E-state index in [1.807, 2.05) is 45.9 Å². The maximum atomic E-state index is 10.4. The van der Waals surface area contributed by atoms with Crippen molar-refractivity contribution in [2.24, 2.45) is 5.41 Å². The normalized spacial score (nSPS) is 12.8. The van der Waals surface area contributed by atoms with Gasteiger partial charge in [0.15, 0.2) is 23.3 Å². The van der Waals surface area contributed by atoms with Gasteiger partial charge >= 0.3 is 0 Å². The highest BCUT2D eigenvalue weighted by molar-refractivity contribution is 5.66. The maximum absolute atomic E-state index is 10.4. The van der Waals surface area contributed by atoms with Crippen molar-refractivity contribution in [2.45, 2.75) is 232 Å². The number of phenolic OH excluding ortho intramolecular Hbond substituents is 1. The van der Waals surface area contributed by atoms with Crippen LogP contribution < -0.4 is 11.5 Å². The van der Waals surface area contributed by atoms with Crippen LogP contribution in [-0.2, 0) is 17.3 Å². The van der Waals surface area contributed by atoms with Crippen LogP contribution in [0.3, 0.4) is 0 Å². The van der Waals surface area contributed by atoms with E-state index in [0.717, 1.165) is 98.0 Å². The second kappa shape index (κ2) is 28.6. The second-order valence-electron chi connectivity index (χ2n) is 28.2. The van der Waals surface area contributed by atoms with E-state index in [2.05, 4.69) is 234 Å². The molecule has 0 amide bonds. The fourth-order valence-electron chi connectivity index (χ4n) is 11.8. The number of anilines is 2. The predicted molar refractivity (Wildman–Crippen MR) is 367 cm³/mol. The lowest BCUT2D eigenvalue weighted by Gasteiger charge is -2.25. The summed E-state index contributed by atoms with van der Waals surface area (Å²) in [5, 5.41) is 10.4. The Hall–Kier alpha value is -7.40. The molecular weight excluding hydrogens is 1070 g/mol. The molecule has 8 aromatic rings. The molecule has 11 heteroatoms. The highest BCUT2D eigenvalue weighted by Crippen LogP contribution is 2.38. The number of nitrogen functional groups attached to an aromatic ring is 2. The molecule has 464 valence electrons. The molecule has 1 aliphatic carbocycles. The molecule has 0 saturated heterocycles. The van der Waals surface area contributed by atoms with Crippen molar-refractivity contribution in [1.82, 2.24) is 39.9 Å². The molecule has 0 spiro atoms. The van der Waals surface area contributed by atoms with E-state index in [1.165, 1.54) is 47.1 Å². The van der Waals surface area contributed by atoms with Crippen molar-refractivity contribution in [1.29, 1.82) is 0 Å². The van der Waals surface area contributed by atoms with Gasteiger partial charge in [-0.3, -0.25) is 0 Å². The first kappa shape index (κ1) is 68.7. The van der Waals surface area contributed by atoms with Crippen molar-refractivity contribution in [3.8, 4) is 51.3 Å². The van der Waals surface area contributed by atoms with E-state index in [9.17, 15) is 5.11 Å². The van der Waals surface area contributed by atoms with E-state index in [4.69, 9.17) is 21.4 Å². The van der Waals surface area contributed by atoms with Crippen molar-refractivity contribution in [2.75, 3.05) is 11.5 Å². The first-order valence-electron chi connectivity index (χ1n) is 31.7. The summed E-state index contributed by atoms with van der Waals surface area (Å²) in [4.78, 5) is 36.9. The second-order valence-corrected chi connectivity index (χ2v) is 28.2. The van der Waals surface area contributed by atoms with E-state index in [1.54, 1.807) is 0 Å². The Kier molecular flexibility index (Phi) is 22.6. The van der Waals surface area contributed by atoms with Crippen molar-refractivity contribution in [3.63, 3.8) is 0 Å². The minimum Gasteiger partial charge on any atom is -0.507 e. The zero-order chi connectivity index (χ0) is 64.6. The average Bonchev–Trinajstić information content (AvgIpc) is 1.21. The van der Waals surface area contributed by atoms with Gasteiger partial charge in [0.25, 0.3) is 0 Å². The average molecular weight is 1170 g/mol. The van der Waals surface area contributed by atoms with Gasteiger partial charge in [0.2, 0.25) is 0 Å². The molecule has 5 N–H and O–H groups in total. The number of rotatable bonds is 12. The van der Waals surface area contributed by atoms with E-state index >= 15 is 0 Å². The number of aromatic hydroxyl groups is 1. The molecule has 4 aromatic heterocycles.